The highest BCUT2D eigenvalue weighted by atomic mass is 16.3. The number of nitrogens with two attached hydrogens (primary N) is 1. The van der Waals surface area contributed by atoms with Crippen LogP contribution in [0.2, 0.25) is 0 Å². The van der Waals surface area contributed by atoms with Gasteiger partial charge in [0.05, 0.1) is 6.10 Å². The molecule has 0 unspecified atom stereocenters. The number of aliphatic hydroxyl groups excluding tert-OH is 1. The molecule has 2 atom stereocenters. The van der Waals surface area contributed by atoms with Crippen molar-refractivity contribution in [2.45, 2.75) is 32.4 Å². The first-order valence-electron chi connectivity index (χ1n) is 5.40. The van der Waals surface area contributed by atoms with E-state index in [1.807, 2.05) is 24.3 Å². The second kappa shape index (κ2) is 5.73. The number of rotatable bonds is 5. The third-order valence-corrected chi connectivity index (χ3v) is 2.59. The van der Waals surface area contributed by atoms with Gasteiger partial charge in [0.15, 0.2) is 0 Å². The Morgan fingerprint density at radius 3 is 2.47 bits per heavy atom. The molecule has 0 aliphatic rings. The fourth-order valence-electron chi connectivity index (χ4n) is 1.29. The van der Waals surface area contributed by atoms with Crippen LogP contribution in [0.15, 0.2) is 24.3 Å². The normalized spacial score (nSPS) is 14.9. The standard InChI is InChI=1S/C12H20N2O/c1-3-9(2)14-8-12(15)10-4-6-11(13)7-5-10/h4-7,9,12,14-15H,3,8,13H2,1-2H3/t9-,12-/m0/s1. The van der Waals surface area contributed by atoms with Gasteiger partial charge in [0.1, 0.15) is 0 Å². The second-order valence-electron chi connectivity index (χ2n) is 3.90. The summed E-state index contributed by atoms with van der Waals surface area (Å²) in [6.45, 7) is 4.81. The number of nitrogen functional groups attached to an aromatic ring is 1. The molecular weight excluding hydrogens is 188 g/mol. The van der Waals surface area contributed by atoms with Crippen LogP contribution in [0.25, 0.3) is 0 Å². The molecule has 3 heteroatoms. The minimum Gasteiger partial charge on any atom is -0.399 e. The molecule has 0 aromatic heterocycles. The lowest BCUT2D eigenvalue weighted by molar-refractivity contribution is 0.170. The Morgan fingerprint density at radius 1 is 1.33 bits per heavy atom. The van der Waals surface area contributed by atoms with Gasteiger partial charge in [-0.05, 0) is 31.0 Å². The van der Waals surface area contributed by atoms with Gasteiger partial charge >= 0.3 is 0 Å². The predicted molar refractivity (Wildman–Crippen MR) is 63.6 cm³/mol. The lowest BCUT2D eigenvalue weighted by Crippen LogP contribution is -2.29. The number of benzene rings is 1. The summed E-state index contributed by atoms with van der Waals surface area (Å²) in [5.74, 6) is 0. The van der Waals surface area contributed by atoms with Gasteiger partial charge in [0, 0.05) is 18.3 Å². The topological polar surface area (TPSA) is 58.3 Å². The minimum absolute atomic E-state index is 0.438. The first kappa shape index (κ1) is 12.0. The number of nitrogens with one attached hydrogen (secondary N) is 1. The maximum Gasteiger partial charge on any atom is 0.0914 e. The number of hydrogen-bond donors (Lipinski definition) is 3. The summed E-state index contributed by atoms with van der Waals surface area (Å²) in [5, 5.41) is 13.1. The Labute approximate surface area is 91.3 Å². The summed E-state index contributed by atoms with van der Waals surface area (Å²) in [6, 6.07) is 7.77. The van der Waals surface area contributed by atoms with E-state index in [1.54, 1.807) is 0 Å². The van der Waals surface area contributed by atoms with Gasteiger partial charge in [-0.15, -0.1) is 0 Å². The van der Waals surface area contributed by atoms with Crippen molar-refractivity contribution >= 4 is 5.69 Å². The van der Waals surface area contributed by atoms with Gasteiger partial charge in [-0.25, -0.2) is 0 Å². The van der Waals surface area contributed by atoms with Gasteiger partial charge in [0.2, 0.25) is 0 Å². The van der Waals surface area contributed by atoms with Crippen molar-refractivity contribution < 1.29 is 5.11 Å². The molecule has 0 radical (unpaired) electrons. The SMILES string of the molecule is CC[C@H](C)NC[C@H](O)c1ccc(N)cc1. The van der Waals surface area contributed by atoms with E-state index in [0.29, 0.717) is 12.6 Å². The van der Waals surface area contributed by atoms with E-state index in [4.69, 9.17) is 5.73 Å². The number of aliphatic hydroxyl groups is 1. The van der Waals surface area contributed by atoms with Crippen LogP contribution in [0.4, 0.5) is 5.69 Å². The van der Waals surface area contributed by atoms with E-state index in [-0.39, 0.29) is 0 Å². The highest BCUT2D eigenvalue weighted by molar-refractivity contribution is 5.39. The second-order valence-corrected chi connectivity index (χ2v) is 3.90. The summed E-state index contributed by atoms with van der Waals surface area (Å²) in [7, 11) is 0. The molecule has 0 heterocycles. The number of hydrogen-bond acceptors (Lipinski definition) is 3. The van der Waals surface area contributed by atoms with Crippen molar-refractivity contribution in [2.75, 3.05) is 12.3 Å². The van der Waals surface area contributed by atoms with E-state index in [9.17, 15) is 5.11 Å². The lowest BCUT2D eigenvalue weighted by atomic mass is 10.1. The zero-order valence-corrected chi connectivity index (χ0v) is 9.40. The molecule has 1 aromatic carbocycles. The van der Waals surface area contributed by atoms with Crippen LogP contribution in [0.5, 0.6) is 0 Å². The average molecular weight is 208 g/mol. The quantitative estimate of drug-likeness (QED) is 0.645. The largest absolute Gasteiger partial charge is 0.399 e. The molecule has 15 heavy (non-hydrogen) atoms. The maximum absolute atomic E-state index is 9.85. The van der Waals surface area contributed by atoms with Crippen LogP contribution in [0.3, 0.4) is 0 Å². The minimum atomic E-state index is -0.459. The van der Waals surface area contributed by atoms with E-state index in [0.717, 1.165) is 17.7 Å². The van der Waals surface area contributed by atoms with E-state index in [2.05, 4.69) is 19.2 Å². The van der Waals surface area contributed by atoms with Crippen LogP contribution < -0.4 is 11.1 Å². The van der Waals surface area contributed by atoms with Gasteiger partial charge < -0.3 is 16.2 Å². The Kier molecular flexibility index (Phi) is 4.59. The first-order chi connectivity index (χ1) is 7.13. The smallest absolute Gasteiger partial charge is 0.0914 e. The first-order valence-corrected chi connectivity index (χ1v) is 5.40. The molecular formula is C12H20N2O. The van der Waals surface area contributed by atoms with E-state index >= 15 is 0 Å². The fraction of sp³-hybridized carbons (Fsp3) is 0.500. The Hall–Kier alpha value is -1.06. The molecule has 4 N–H and O–H groups in total. The molecule has 0 amide bonds. The summed E-state index contributed by atoms with van der Waals surface area (Å²) < 4.78 is 0. The third kappa shape index (κ3) is 3.90. The summed E-state index contributed by atoms with van der Waals surface area (Å²) in [4.78, 5) is 0. The van der Waals surface area contributed by atoms with Crippen LogP contribution >= 0.6 is 0 Å². The predicted octanol–water partition coefficient (Wildman–Crippen LogP) is 1.69. The van der Waals surface area contributed by atoms with E-state index < -0.39 is 6.10 Å². The molecule has 1 aromatic rings. The highest BCUT2D eigenvalue weighted by Crippen LogP contribution is 2.13. The summed E-state index contributed by atoms with van der Waals surface area (Å²) >= 11 is 0. The molecule has 0 saturated carbocycles. The lowest BCUT2D eigenvalue weighted by Gasteiger charge is -2.16. The van der Waals surface area contributed by atoms with Crippen molar-refractivity contribution in [3.8, 4) is 0 Å². The van der Waals surface area contributed by atoms with Gasteiger partial charge in [-0.3, -0.25) is 0 Å². The van der Waals surface area contributed by atoms with Crippen molar-refractivity contribution in [3.63, 3.8) is 0 Å². The molecule has 0 aliphatic heterocycles. The van der Waals surface area contributed by atoms with Gasteiger partial charge in [-0.1, -0.05) is 19.1 Å². The van der Waals surface area contributed by atoms with Crippen molar-refractivity contribution in [1.29, 1.82) is 0 Å². The zero-order valence-electron chi connectivity index (χ0n) is 9.40. The van der Waals surface area contributed by atoms with Crippen molar-refractivity contribution in [2.24, 2.45) is 0 Å². The molecule has 0 saturated heterocycles. The van der Waals surface area contributed by atoms with Crippen LogP contribution in [0.1, 0.15) is 31.9 Å². The molecule has 1 rings (SSSR count). The summed E-state index contributed by atoms with van der Waals surface area (Å²) in [6.07, 6.45) is 0.605. The monoisotopic (exact) mass is 208 g/mol. The van der Waals surface area contributed by atoms with Crippen molar-refractivity contribution in [3.05, 3.63) is 29.8 Å². The molecule has 0 aliphatic carbocycles. The molecule has 0 spiro atoms. The van der Waals surface area contributed by atoms with E-state index in [1.165, 1.54) is 0 Å². The fourth-order valence-corrected chi connectivity index (χ4v) is 1.29. The Bertz CT molecular complexity index is 284. The molecule has 84 valence electrons. The van der Waals surface area contributed by atoms with Crippen molar-refractivity contribution in [1.82, 2.24) is 5.32 Å². The number of anilines is 1. The average Bonchev–Trinajstić information content (AvgIpc) is 2.26. The molecule has 0 fully saturated rings. The third-order valence-electron chi connectivity index (χ3n) is 2.59. The Morgan fingerprint density at radius 2 is 1.93 bits per heavy atom. The maximum atomic E-state index is 9.85. The van der Waals surface area contributed by atoms with Gasteiger partial charge in [0.25, 0.3) is 0 Å². The van der Waals surface area contributed by atoms with Crippen LogP contribution in [0, 0.1) is 0 Å². The molecule has 0 bridgehead atoms. The Balaban J connectivity index is 2.46. The molecule has 3 nitrogen and oxygen atoms in total. The zero-order chi connectivity index (χ0) is 11.3. The van der Waals surface area contributed by atoms with Crippen LogP contribution in [-0.2, 0) is 0 Å². The highest BCUT2D eigenvalue weighted by Gasteiger charge is 2.07. The summed E-state index contributed by atoms with van der Waals surface area (Å²) in [5.41, 5.74) is 7.20. The van der Waals surface area contributed by atoms with Crippen LogP contribution in [-0.4, -0.2) is 17.7 Å². The van der Waals surface area contributed by atoms with Gasteiger partial charge in [-0.2, -0.15) is 0 Å².